The van der Waals surface area contributed by atoms with Gasteiger partial charge in [-0.2, -0.15) is 15.0 Å². The van der Waals surface area contributed by atoms with E-state index < -0.39 is 0 Å². The molecule has 0 saturated carbocycles. The van der Waals surface area contributed by atoms with Gasteiger partial charge in [0, 0.05) is 19.2 Å². The third-order valence-electron chi connectivity index (χ3n) is 7.30. The van der Waals surface area contributed by atoms with E-state index in [1.165, 1.54) is 22.3 Å². The summed E-state index contributed by atoms with van der Waals surface area (Å²) < 4.78 is 0. The summed E-state index contributed by atoms with van der Waals surface area (Å²) in [6.07, 6.45) is 6.47. The molecule has 1 aromatic heterocycles. The molecular formula is C31H30N8O. The van der Waals surface area contributed by atoms with Crippen molar-refractivity contribution >= 4 is 40.7 Å². The maximum atomic E-state index is 13.0. The molecule has 0 spiro atoms. The van der Waals surface area contributed by atoms with Gasteiger partial charge in [0.2, 0.25) is 17.8 Å². The number of carbonyl (C=O) groups excluding carboxylic acids is 1. The van der Waals surface area contributed by atoms with Gasteiger partial charge in [-0.1, -0.05) is 60.7 Å². The number of hydrogen-bond acceptors (Lipinski definition) is 8. The predicted molar refractivity (Wildman–Crippen MR) is 160 cm³/mol. The molecule has 9 heteroatoms. The van der Waals surface area contributed by atoms with Crippen molar-refractivity contribution in [3.05, 3.63) is 113 Å². The number of allylic oxidation sites excluding steroid dienone is 2. The second kappa shape index (κ2) is 10.5. The molecule has 4 aromatic rings. The molecule has 1 heterocycles. The van der Waals surface area contributed by atoms with Crippen molar-refractivity contribution in [1.29, 1.82) is 0 Å². The summed E-state index contributed by atoms with van der Waals surface area (Å²) in [4.78, 5) is 27.7. The Hall–Kier alpha value is -5.18. The van der Waals surface area contributed by atoms with Crippen LogP contribution >= 0.6 is 0 Å². The van der Waals surface area contributed by atoms with Crippen molar-refractivity contribution in [3.8, 4) is 0 Å². The number of nitrogens with one attached hydrogen (secondary N) is 2. The molecule has 40 heavy (non-hydrogen) atoms. The highest BCUT2D eigenvalue weighted by Gasteiger charge is 2.31. The number of nitrogen functional groups attached to an aromatic ring is 2. The molecule has 3 aromatic carbocycles. The summed E-state index contributed by atoms with van der Waals surface area (Å²) in [5, 5.41) is 6.71. The fraction of sp³-hybridized carbons (Fsp3) is 0.161. The molecule has 0 bridgehead atoms. The number of hydrogen-bond donors (Lipinski definition) is 4. The van der Waals surface area contributed by atoms with Crippen LogP contribution in [0.4, 0.5) is 29.2 Å². The van der Waals surface area contributed by atoms with Gasteiger partial charge in [-0.3, -0.25) is 4.79 Å². The van der Waals surface area contributed by atoms with Crippen LogP contribution in [-0.4, -0.2) is 27.9 Å². The molecule has 6 N–H and O–H groups in total. The van der Waals surface area contributed by atoms with Gasteiger partial charge in [-0.25, -0.2) is 0 Å². The maximum Gasteiger partial charge on any atom is 0.258 e. The summed E-state index contributed by atoms with van der Waals surface area (Å²) in [5.74, 6) is 0.766. The fourth-order valence-electron chi connectivity index (χ4n) is 5.30. The Labute approximate surface area is 232 Å². The SMILES string of the molecule is CN(C(=O)c1ccc(CNc2nc(N)nc(NC3C4=C(CCC=C4)c4ccccc43)n2)cc1)c1ccccc1N. The van der Waals surface area contributed by atoms with E-state index >= 15 is 0 Å². The standard InChI is InChI=1S/C31H30N8O/c1-39(26-13-7-6-12-25(26)32)28(40)20-16-14-19(15-17-20)18-34-30-36-29(33)37-31(38-30)35-27-23-10-4-2-8-21(23)22-9-3-5-11-24(22)27/h2,4-8,10-17,27H,3,9,18,32H2,1H3,(H4,33,34,35,36,37,38). The van der Waals surface area contributed by atoms with Crippen LogP contribution in [0.25, 0.3) is 5.57 Å². The molecule has 0 radical (unpaired) electrons. The van der Waals surface area contributed by atoms with Crippen LogP contribution in [0.1, 0.15) is 45.9 Å². The molecule has 6 rings (SSSR count). The topological polar surface area (TPSA) is 135 Å². The van der Waals surface area contributed by atoms with Crippen molar-refractivity contribution in [1.82, 2.24) is 15.0 Å². The van der Waals surface area contributed by atoms with Crippen LogP contribution in [0.2, 0.25) is 0 Å². The van der Waals surface area contributed by atoms with E-state index in [4.69, 9.17) is 11.5 Å². The quantitative estimate of drug-likeness (QED) is 0.240. The van der Waals surface area contributed by atoms with Crippen LogP contribution in [0.5, 0.6) is 0 Å². The Balaban J connectivity index is 1.14. The van der Waals surface area contributed by atoms with Crippen LogP contribution < -0.4 is 27.0 Å². The van der Waals surface area contributed by atoms with Crippen molar-refractivity contribution in [2.75, 3.05) is 34.0 Å². The third kappa shape index (κ3) is 4.84. The Kier molecular flexibility index (Phi) is 6.61. The highest BCUT2D eigenvalue weighted by Crippen LogP contribution is 2.46. The molecule has 9 nitrogen and oxygen atoms in total. The molecular weight excluding hydrogens is 500 g/mol. The maximum absolute atomic E-state index is 13.0. The largest absolute Gasteiger partial charge is 0.397 e. The average molecular weight is 531 g/mol. The highest BCUT2D eigenvalue weighted by atomic mass is 16.2. The number of fused-ring (bicyclic) bond motifs is 2. The first-order valence-electron chi connectivity index (χ1n) is 13.2. The fourth-order valence-corrected chi connectivity index (χ4v) is 5.30. The van der Waals surface area contributed by atoms with Crippen LogP contribution in [0.3, 0.4) is 0 Å². The number of aromatic nitrogens is 3. The first-order valence-corrected chi connectivity index (χ1v) is 13.2. The van der Waals surface area contributed by atoms with E-state index in [2.05, 4.69) is 62.0 Å². The zero-order valence-electron chi connectivity index (χ0n) is 22.1. The van der Waals surface area contributed by atoms with Gasteiger partial charge in [0.25, 0.3) is 5.91 Å². The average Bonchev–Trinajstić information content (AvgIpc) is 3.29. The number of anilines is 5. The number of nitrogens with zero attached hydrogens (tertiary/aromatic N) is 4. The lowest BCUT2D eigenvalue weighted by molar-refractivity contribution is 0.0993. The minimum Gasteiger partial charge on any atom is -0.397 e. The van der Waals surface area contributed by atoms with E-state index in [1.54, 1.807) is 30.1 Å². The van der Waals surface area contributed by atoms with Crippen LogP contribution in [0, 0.1) is 0 Å². The minimum absolute atomic E-state index is 0.0492. The lowest BCUT2D eigenvalue weighted by Gasteiger charge is -2.19. The predicted octanol–water partition coefficient (Wildman–Crippen LogP) is 5.20. The number of benzene rings is 3. The summed E-state index contributed by atoms with van der Waals surface area (Å²) in [6, 6.07) is 23.1. The normalized spacial score (nSPS) is 15.4. The van der Waals surface area contributed by atoms with Gasteiger partial charge in [0.15, 0.2) is 0 Å². The molecule has 2 aliphatic rings. The van der Waals surface area contributed by atoms with Crippen molar-refractivity contribution in [3.63, 3.8) is 0 Å². The second-order valence-electron chi connectivity index (χ2n) is 9.85. The van der Waals surface area contributed by atoms with Crippen LogP contribution in [-0.2, 0) is 6.54 Å². The van der Waals surface area contributed by atoms with Gasteiger partial charge < -0.3 is 27.0 Å². The molecule has 0 fully saturated rings. The Morgan fingerprint density at radius 3 is 2.52 bits per heavy atom. The van der Waals surface area contributed by atoms with Crippen molar-refractivity contribution in [2.45, 2.75) is 25.4 Å². The van der Waals surface area contributed by atoms with Crippen molar-refractivity contribution in [2.24, 2.45) is 0 Å². The first kappa shape index (κ1) is 25.1. The van der Waals surface area contributed by atoms with E-state index in [0.717, 1.165) is 18.4 Å². The van der Waals surface area contributed by atoms with Gasteiger partial charge in [0.05, 0.1) is 17.4 Å². The van der Waals surface area contributed by atoms with E-state index in [0.29, 0.717) is 35.4 Å². The Bertz CT molecular complexity index is 1640. The monoisotopic (exact) mass is 530 g/mol. The third-order valence-corrected chi connectivity index (χ3v) is 7.30. The molecule has 1 atom stereocenters. The Morgan fingerprint density at radius 2 is 1.70 bits per heavy atom. The number of nitrogens with two attached hydrogens (primary N) is 2. The summed E-state index contributed by atoms with van der Waals surface area (Å²) in [6.45, 7) is 0.448. The first-order chi connectivity index (χ1) is 19.5. The molecule has 1 amide bonds. The van der Waals surface area contributed by atoms with Crippen molar-refractivity contribution < 1.29 is 4.79 Å². The van der Waals surface area contributed by atoms with E-state index in [1.807, 2.05) is 30.3 Å². The summed E-state index contributed by atoms with van der Waals surface area (Å²) in [5.41, 5.74) is 19.9. The minimum atomic E-state index is -0.141. The summed E-state index contributed by atoms with van der Waals surface area (Å²) in [7, 11) is 1.71. The van der Waals surface area contributed by atoms with Gasteiger partial charge in [-0.15, -0.1) is 0 Å². The number of amides is 1. The summed E-state index contributed by atoms with van der Waals surface area (Å²) >= 11 is 0. The highest BCUT2D eigenvalue weighted by molar-refractivity contribution is 6.07. The van der Waals surface area contributed by atoms with Crippen LogP contribution in [0.15, 0.2) is 90.5 Å². The molecule has 0 saturated heterocycles. The second-order valence-corrected chi connectivity index (χ2v) is 9.85. The Morgan fingerprint density at radius 1 is 0.950 bits per heavy atom. The number of carbonyl (C=O) groups is 1. The van der Waals surface area contributed by atoms with Gasteiger partial charge >= 0.3 is 0 Å². The molecule has 2 aliphatic carbocycles. The lowest BCUT2D eigenvalue weighted by atomic mass is 9.96. The van der Waals surface area contributed by atoms with Gasteiger partial charge in [-0.05, 0) is 64.9 Å². The van der Waals surface area contributed by atoms with Gasteiger partial charge in [0.1, 0.15) is 0 Å². The smallest absolute Gasteiger partial charge is 0.258 e. The number of rotatable bonds is 7. The molecule has 0 aliphatic heterocycles. The zero-order chi connectivity index (χ0) is 27.6. The van der Waals surface area contributed by atoms with E-state index in [-0.39, 0.29) is 17.9 Å². The molecule has 1 unspecified atom stereocenters. The lowest BCUT2D eigenvalue weighted by Crippen LogP contribution is -2.27. The number of para-hydroxylation sites is 2. The molecule has 200 valence electrons. The van der Waals surface area contributed by atoms with E-state index in [9.17, 15) is 4.79 Å². The zero-order valence-corrected chi connectivity index (χ0v) is 22.1.